The molecule has 2 nitrogen and oxygen atoms in total. The minimum Gasteiger partial charge on any atom is -0.463 e. The van der Waals surface area contributed by atoms with Crippen LogP contribution in [0.4, 0.5) is 0 Å². The molecule has 14 heavy (non-hydrogen) atoms. The van der Waals surface area contributed by atoms with Gasteiger partial charge in [-0.3, -0.25) is 0 Å². The number of esters is 1. The van der Waals surface area contributed by atoms with Crippen LogP contribution in [0.25, 0.3) is 5.57 Å². The number of carbonyl (C=O) groups is 1. The van der Waals surface area contributed by atoms with Crippen molar-refractivity contribution in [1.29, 1.82) is 0 Å². The van der Waals surface area contributed by atoms with E-state index in [0.717, 1.165) is 10.5 Å². The van der Waals surface area contributed by atoms with Crippen LogP contribution in [0.5, 0.6) is 0 Å². The largest absolute Gasteiger partial charge is 0.463 e. The number of rotatable bonds is 3. The Balaban J connectivity index is 2.88. The molecule has 1 heterocycles. The van der Waals surface area contributed by atoms with Gasteiger partial charge in [-0.05, 0) is 37.8 Å². The third kappa shape index (κ3) is 2.45. The van der Waals surface area contributed by atoms with Gasteiger partial charge in [0, 0.05) is 10.5 Å². The van der Waals surface area contributed by atoms with E-state index in [9.17, 15) is 4.79 Å². The minimum absolute atomic E-state index is 0.224. The minimum atomic E-state index is -0.224. The van der Waals surface area contributed by atoms with Gasteiger partial charge in [-0.25, -0.2) is 4.79 Å². The lowest BCUT2D eigenvalue weighted by Crippen LogP contribution is -2.06. The van der Waals surface area contributed by atoms with Crippen LogP contribution in [-0.2, 0) is 9.53 Å². The van der Waals surface area contributed by atoms with Gasteiger partial charge < -0.3 is 4.74 Å². The van der Waals surface area contributed by atoms with Crippen molar-refractivity contribution in [2.75, 3.05) is 6.61 Å². The zero-order valence-corrected chi connectivity index (χ0v) is 9.48. The topological polar surface area (TPSA) is 26.3 Å². The summed E-state index contributed by atoms with van der Waals surface area (Å²) in [6.45, 7) is 5.98. The van der Waals surface area contributed by atoms with Gasteiger partial charge in [-0.15, -0.1) is 11.3 Å². The molecule has 0 amide bonds. The Morgan fingerprint density at radius 2 is 2.21 bits per heavy atom. The second-order valence-electron chi connectivity index (χ2n) is 2.95. The standard InChI is InChI=1S/C11H14O2S/c1-4-13-11(12)9(3)8(2)10-6-5-7-14-10/h5-7H,4H2,1-3H3/b9-8-. The van der Waals surface area contributed by atoms with Crippen LogP contribution < -0.4 is 0 Å². The first-order valence-corrected chi connectivity index (χ1v) is 5.43. The maximum absolute atomic E-state index is 11.4. The highest BCUT2D eigenvalue weighted by atomic mass is 32.1. The molecule has 0 aromatic carbocycles. The second kappa shape index (κ2) is 4.96. The normalized spacial score (nSPS) is 12.2. The fourth-order valence-corrected chi connectivity index (χ4v) is 1.86. The molecular formula is C11H14O2S. The Kier molecular flexibility index (Phi) is 3.89. The van der Waals surface area contributed by atoms with Crippen molar-refractivity contribution in [2.45, 2.75) is 20.8 Å². The predicted octanol–water partition coefficient (Wildman–Crippen LogP) is 3.10. The first-order valence-electron chi connectivity index (χ1n) is 4.55. The van der Waals surface area contributed by atoms with Crippen molar-refractivity contribution >= 4 is 22.9 Å². The van der Waals surface area contributed by atoms with Gasteiger partial charge >= 0.3 is 5.97 Å². The van der Waals surface area contributed by atoms with Crippen LogP contribution in [0, 0.1) is 0 Å². The predicted molar refractivity (Wildman–Crippen MR) is 59.2 cm³/mol. The van der Waals surface area contributed by atoms with Gasteiger partial charge in [0.2, 0.25) is 0 Å². The Morgan fingerprint density at radius 1 is 1.50 bits per heavy atom. The SMILES string of the molecule is CCOC(=O)/C(C)=C(/C)c1cccs1. The van der Waals surface area contributed by atoms with E-state index in [0.29, 0.717) is 12.2 Å². The lowest BCUT2D eigenvalue weighted by Gasteiger charge is -2.05. The van der Waals surface area contributed by atoms with E-state index >= 15 is 0 Å². The highest BCUT2D eigenvalue weighted by Crippen LogP contribution is 2.23. The maximum Gasteiger partial charge on any atom is 0.334 e. The molecule has 0 aliphatic rings. The molecule has 0 N–H and O–H groups in total. The summed E-state index contributed by atoms with van der Waals surface area (Å²) in [5.74, 6) is -0.224. The molecule has 1 aromatic rings. The summed E-state index contributed by atoms with van der Waals surface area (Å²) in [6.07, 6.45) is 0. The molecule has 0 radical (unpaired) electrons. The van der Waals surface area contributed by atoms with E-state index in [1.807, 2.05) is 31.4 Å². The average Bonchev–Trinajstić information content (AvgIpc) is 2.68. The zero-order chi connectivity index (χ0) is 10.6. The average molecular weight is 210 g/mol. The highest BCUT2D eigenvalue weighted by molar-refractivity contribution is 7.11. The van der Waals surface area contributed by atoms with E-state index in [2.05, 4.69) is 0 Å². The molecule has 0 saturated heterocycles. The number of hydrogen-bond donors (Lipinski definition) is 0. The van der Waals surface area contributed by atoms with Crippen molar-refractivity contribution in [1.82, 2.24) is 0 Å². The van der Waals surface area contributed by atoms with E-state index in [1.165, 1.54) is 0 Å². The Bertz CT molecular complexity index is 336. The summed E-state index contributed by atoms with van der Waals surface area (Å²) >= 11 is 1.63. The van der Waals surface area contributed by atoms with Crippen molar-refractivity contribution < 1.29 is 9.53 Å². The molecule has 76 valence electrons. The fraction of sp³-hybridized carbons (Fsp3) is 0.364. The molecular weight excluding hydrogens is 196 g/mol. The molecule has 0 fully saturated rings. The second-order valence-corrected chi connectivity index (χ2v) is 3.90. The number of thiophene rings is 1. The molecule has 0 spiro atoms. The van der Waals surface area contributed by atoms with Crippen LogP contribution in [-0.4, -0.2) is 12.6 Å². The number of ether oxygens (including phenoxy) is 1. The Labute approximate surface area is 88.2 Å². The first kappa shape index (κ1) is 11.0. The molecule has 0 unspecified atom stereocenters. The summed E-state index contributed by atoms with van der Waals surface area (Å²) in [5, 5.41) is 2.00. The summed E-state index contributed by atoms with van der Waals surface area (Å²) in [5.41, 5.74) is 1.69. The molecule has 0 aliphatic carbocycles. The summed E-state index contributed by atoms with van der Waals surface area (Å²) < 4.78 is 4.93. The quantitative estimate of drug-likeness (QED) is 0.566. The third-order valence-corrected chi connectivity index (χ3v) is 3.02. The van der Waals surface area contributed by atoms with Gasteiger partial charge in [-0.2, -0.15) is 0 Å². The Hall–Kier alpha value is -1.09. The molecule has 1 aromatic heterocycles. The number of allylic oxidation sites excluding steroid dienone is 1. The van der Waals surface area contributed by atoms with Gasteiger partial charge in [-0.1, -0.05) is 6.07 Å². The highest BCUT2D eigenvalue weighted by Gasteiger charge is 2.10. The van der Waals surface area contributed by atoms with Crippen molar-refractivity contribution in [2.24, 2.45) is 0 Å². The molecule has 0 aliphatic heterocycles. The van der Waals surface area contributed by atoms with Crippen molar-refractivity contribution in [3.05, 3.63) is 28.0 Å². The van der Waals surface area contributed by atoms with Crippen molar-refractivity contribution in [3.8, 4) is 0 Å². The van der Waals surface area contributed by atoms with Crippen LogP contribution >= 0.6 is 11.3 Å². The first-order chi connectivity index (χ1) is 6.66. The smallest absolute Gasteiger partial charge is 0.334 e. The van der Waals surface area contributed by atoms with E-state index in [-0.39, 0.29) is 5.97 Å². The van der Waals surface area contributed by atoms with Gasteiger partial charge in [0.15, 0.2) is 0 Å². The summed E-state index contributed by atoms with van der Waals surface area (Å²) in [4.78, 5) is 12.5. The Morgan fingerprint density at radius 3 is 2.71 bits per heavy atom. The lowest BCUT2D eigenvalue weighted by atomic mass is 10.1. The fourth-order valence-electron chi connectivity index (χ4n) is 1.07. The number of carbonyl (C=O) groups excluding carboxylic acids is 1. The van der Waals surface area contributed by atoms with Crippen LogP contribution in [0.3, 0.4) is 0 Å². The third-order valence-electron chi connectivity index (χ3n) is 2.03. The molecule has 1 rings (SSSR count). The van der Waals surface area contributed by atoms with E-state index in [4.69, 9.17) is 4.74 Å². The maximum atomic E-state index is 11.4. The molecule has 0 bridgehead atoms. The van der Waals surface area contributed by atoms with E-state index < -0.39 is 0 Å². The lowest BCUT2D eigenvalue weighted by molar-refractivity contribution is -0.138. The summed E-state index contributed by atoms with van der Waals surface area (Å²) in [7, 11) is 0. The van der Waals surface area contributed by atoms with E-state index in [1.54, 1.807) is 18.3 Å². The van der Waals surface area contributed by atoms with Crippen LogP contribution in [0.2, 0.25) is 0 Å². The number of hydrogen-bond acceptors (Lipinski definition) is 3. The monoisotopic (exact) mass is 210 g/mol. The van der Waals surface area contributed by atoms with Crippen molar-refractivity contribution in [3.63, 3.8) is 0 Å². The zero-order valence-electron chi connectivity index (χ0n) is 8.66. The molecule has 0 saturated carbocycles. The van der Waals surface area contributed by atoms with Gasteiger partial charge in [0.05, 0.1) is 6.61 Å². The van der Waals surface area contributed by atoms with Gasteiger partial charge in [0.25, 0.3) is 0 Å². The van der Waals surface area contributed by atoms with Crippen LogP contribution in [0.1, 0.15) is 25.6 Å². The molecule has 3 heteroatoms. The molecule has 0 atom stereocenters. The van der Waals surface area contributed by atoms with Gasteiger partial charge in [0.1, 0.15) is 0 Å². The van der Waals surface area contributed by atoms with Crippen LogP contribution in [0.15, 0.2) is 23.1 Å². The summed E-state index contributed by atoms with van der Waals surface area (Å²) in [6, 6.07) is 3.98.